The Labute approximate surface area is 194 Å². The van der Waals surface area contributed by atoms with Crippen LogP contribution in [0, 0.1) is 5.92 Å². The average molecular weight is 457 g/mol. The van der Waals surface area contributed by atoms with Gasteiger partial charge in [-0.05, 0) is 61.8 Å². The van der Waals surface area contributed by atoms with Gasteiger partial charge in [-0.25, -0.2) is 4.79 Å². The third-order valence-corrected chi connectivity index (χ3v) is 5.65. The molecule has 0 aromatic heterocycles. The Hall–Kier alpha value is -3.26. The van der Waals surface area contributed by atoms with Gasteiger partial charge in [-0.1, -0.05) is 25.2 Å². The van der Waals surface area contributed by atoms with Crippen molar-refractivity contribution in [2.75, 3.05) is 26.3 Å². The lowest BCUT2D eigenvalue weighted by molar-refractivity contribution is -0.139. The minimum Gasteiger partial charge on any atom is -0.508 e. The van der Waals surface area contributed by atoms with Crippen molar-refractivity contribution in [1.82, 2.24) is 10.4 Å². The molecule has 3 N–H and O–H groups in total. The number of hydrogen-bond acceptors (Lipinski definition) is 7. The van der Waals surface area contributed by atoms with Crippen LogP contribution >= 0.6 is 0 Å². The predicted molar refractivity (Wildman–Crippen MR) is 124 cm³/mol. The summed E-state index contributed by atoms with van der Waals surface area (Å²) in [6.45, 7) is 3.69. The first kappa shape index (κ1) is 24.4. The van der Waals surface area contributed by atoms with Crippen LogP contribution in [0.25, 0.3) is 6.08 Å². The second-order valence-electron chi connectivity index (χ2n) is 8.36. The fourth-order valence-corrected chi connectivity index (χ4v) is 3.71. The number of nitrogens with one attached hydrogen (secondary N) is 1. The Kier molecular flexibility index (Phi) is 8.95. The van der Waals surface area contributed by atoms with Gasteiger partial charge in [0.25, 0.3) is 5.91 Å². The first-order valence-electron chi connectivity index (χ1n) is 11.4. The molecular weight excluding hydrogens is 424 g/mol. The molecule has 3 rings (SSSR count). The van der Waals surface area contributed by atoms with E-state index >= 15 is 0 Å². The molecule has 1 amide bonds. The van der Waals surface area contributed by atoms with Crippen molar-refractivity contribution >= 4 is 18.0 Å². The number of carbonyl (C=O) groups is 2. The number of esters is 1. The molecule has 0 aliphatic carbocycles. The van der Waals surface area contributed by atoms with Gasteiger partial charge >= 0.3 is 5.97 Å². The quantitative estimate of drug-likeness (QED) is 0.360. The molecule has 33 heavy (non-hydrogen) atoms. The van der Waals surface area contributed by atoms with Gasteiger partial charge in [-0.3, -0.25) is 15.1 Å². The Morgan fingerprint density at radius 2 is 1.88 bits per heavy atom. The zero-order valence-electron chi connectivity index (χ0n) is 19.0. The van der Waals surface area contributed by atoms with E-state index in [1.165, 1.54) is 6.07 Å². The molecule has 0 spiro atoms. The third-order valence-electron chi connectivity index (χ3n) is 5.65. The van der Waals surface area contributed by atoms with Gasteiger partial charge < -0.3 is 19.8 Å². The number of phenols is 2. The van der Waals surface area contributed by atoms with E-state index in [0.717, 1.165) is 44.8 Å². The van der Waals surface area contributed by atoms with Crippen molar-refractivity contribution in [3.05, 3.63) is 53.3 Å². The zero-order valence-corrected chi connectivity index (χ0v) is 19.0. The molecule has 8 nitrogen and oxygen atoms in total. The van der Waals surface area contributed by atoms with Gasteiger partial charge in [0, 0.05) is 19.2 Å². The second kappa shape index (κ2) is 12.1. The van der Waals surface area contributed by atoms with Gasteiger partial charge in [-0.15, -0.1) is 0 Å². The van der Waals surface area contributed by atoms with Crippen LogP contribution in [0.1, 0.15) is 54.9 Å². The summed E-state index contributed by atoms with van der Waals surface area (Å²) in [6, 6.07) is 2.45. The molecule has 8 heteroatoms. The van der Waals surface area contributed by atoms with E-state index in [2.05, 4.69) is 12.4 Å². The number of ether oxygens (including phenoxy) is 1. The molecule has 178 valence electrons. The van der Waals surface area contributed by atoms with Gasteiger partial charge in [0.15, 0.2) is 6.61 Å². The highest BCUT2D eigenvalue weighted by Gasteiger charge is 2.21. The highest BCUT2D eigenvalue weighted by atomic mass is 16.6. The molecule has 2 aliphatic heterocycles. The molecule has 2 heterocycles. The van der Waals surface area contributed by atoms with Crippen molar-refractivity contribution in [2.45, 2.75) is 39.0 Å². The fourth-order valence-electron chi connectivity index (χ4n) is 3.71. The molecule has 1 aromatic carbocycles. The minimum atomic E-state index is -0.692. The summed E-state index contributed by atoms with van der Waals surface area (Å²) >= 11 is 0. The Morgan fingerprint density at radius 3 is 2.67 bits per heavy atom. The Balaban J connectivity index is 1.77. The van der Waals surface area contributed by atoms with E-state index in [-0.39, 0.29) is 41.7 Å². The number of rotatable bonds is 4. The molecule has 0 bridgehead atoms. The lowest BCUT2D eigenvalue weighted by Crippen LogP contribution is -2.40. The first-order chi connectivity index (χ1) is 15.9. The van der Waals surface area contributed by atoms with Crippen LogP contribution in [0.5, 0.6) is 11.5 Å². The number of amides is 1. The second-order valence-corrected chi connectivity index (χ2v) is 8.36. The van der Waals surface area contributed by atoms with Crippen LogP contribution in [-0.2, 0) is 14.4 Å². The monoisotopic (exact) mass is 456 g/mol. The number of cyclic esters (lactones) is 1. The topological polar surface area (TPSA) is 108 Å². The predicted octanol–water partition coefficient (Wildman–Crippen LogP) is 3.67. The number of hydroxylamine groups is 1. The van der Waals surface area contributed by atoms with Crippen LogP contribution in [0.4, 0.5) is 0 Å². The summed E-state index contributed by atoms with van der Waals surface area (Å²) in [5, 5.41) is 20.2. The lowest BCUT2D eigenvalue weighted by atomic mass is 9.99. The molecule has 0 unspecified atom stereocenters. The number of phenolic OH excluding ortho intramolecular Hbond substituents is 2. The van der Waals surface area contributed by atoms with E-state index in [1.807, 2.05) is 18.2 Å². The highest BCUT2D eigenvalue weighted by Crippen LogP contribution is 2.30. The molecule has 2 aliphatic rings. The van der Waals surface area contributed by atoms with Crippen molar-refractivity contribution in [3.63, 3.8) is 0 Å². The molecule has 0 radical (unpaired) electrons. The first-order valence-corrected chi connectivity index (χ1v) is 11.4. The maximum Gasteiger partial charge on any atom is 0.342 e. The molecule has 1 aromatic rings. The molecule has 1 saturated heterocycles. The number of allylic oxidation sites excluding steroid dienone is 3. The summed E-state index contributed by atoms with van der Waals surface area (Å²) in [4.78, 5) is 32.3. The fraction of sp³-hybridized carbons (Fsp3) is 0.440. The zero-order chi connectivity index (χ0) is 23.6. The van der Waals surface area contributed by atoms with E-state index in [4.69, 9.17) is 9.57 Å². The number of likely N-dealkylation sites (tertiary alicyclic amines) is 1. The Morgan fingerprint density at radius 1 is 1.15 bits per heavy atom. The third kappa shape index (κ3) is 7.39. The van der Waals surface area contributed by atoms with Crippen LogP contribution in [-0.4, -0.2) is 53.3 Å². The molecule has 0 saturated carbocycles. The molecule has 1 fully saturated rings. The average Bonchev–Trinajstić information content (AvgIpc) is 2.77. The van der Waals surface area contributed by atoms with Gasteiger partial charge in [-0.2, -0.15) is 0 Å². The number of fused-ring (bicyclic) bond motifs is 1. The largest absolute Gasteiger partial charge is 0.508 e. The summed E-state index contributed by atoms with van der Waals surface area (Å²) in [7, 11) is 0. The van der Waals surface area contributed by atoms with Crippen molar-refractivity contribution in [1.29, 1.82) is 0 Å². The normalized spacial score (nSPS) is 19.7. The number of piperidine rings is 1. The van der Waals surface area contributed by atoms with E-state index in [0.29, 0.717) is 18.0 Å². The number of aromatic hydroxyl groups is 2. The molecular formula is C25H32N2O6. The number of hydrogen-bond donors (Lipinski definition) is 3. The van der Waals surface area contributed by atoms with Gasteiger partial charge in [0.1, 0.15) is 17.1 Å². The van der Waals surface area contributed by atoms with Crippen molar-refractivity contribution in [3.8, 4) is 11.5 Å². The van der Waals surface area contributed by atoms with Gasteiger partial charge in [0.2, 0.25) is 0 Å². The highest BCUT2D eigenvalue weighted by molar-refractivity contribution is 5.97. The maximum atomic E-state index is 12.6. The summed E-state index contributed by atoms with van der Waals surface area (Å²) in [5.74, 6) is -0.736. The number of benzene rings is 1. The van der Waals surface area contributed by atoms with E-state index in [1.54, 1.807) is 17.1 Å². The van der Waals surface area contributed by atoms with Crippen LogP contribution in [0.2, 0.25) is 0 Å². The number of carbonyl (C=O) groups excluding carboxylic acids is 2. The maximum absolute atomic E-state index is 12.6. The van der Waals surface area contributed by atoms with Crippen molar-refractivity contribution in [2.24, 2.45) is 5.92 Å². The van der Waals surface area contributed by atoms with Crippen LogP contribution in [0.3, 0.4) is 0 Å². The summed E-state index contributed by atoms with van der Waals surface area (Å²) in [6.07, 6.45) is 13.4. The van der Waals surface area contributed by atoms with E-state index < -0.39 is 5.97 Å². The number of nitrogens with zero attached hydrogens (tertiary/aromatic N) is 1. The summed E-state index contributed by atoms with van der Waals surface area (Å²) in [5.41, 5.74) is 3.43. The van der Waals surface area contributed by atoms with Gasteiger partial charge in [0.05, 0.1) is 12.3 Å². The van der Waals surface area contributed by atoms with Crippen LogP contribution < -0.4 is 5.48 Å². The van der Waals surface area contributed by atoms with E-state index in [9.17, 15) is 19.8 Å². The lowest BCUT2D eigenvalue weighted by Gasteiger charge is -2.30. The SMILES string of the molecule is CC1CCN(C(=O)CON/C2=C\c3cc(O)cc(O)c3C(=O)OCCC=CCCC=C2)CC1. The standard InChI is InChI=1S/C25H32N2O6/c1-18-9-11-27(12-10-18)23(30)17-33-26-20-8-6-4-2-3-5-7-13-32-25(31)24-19(14-20)15-21(28)16-22(24)29/h3,5-6,8,14-16,18,26,28-29H,2,4,7,9-13,17H2,1H3/b5-3?,8-6?,20-14-. The smallest absolute Gasteiger partial charge is 0.342 e. The Bertz CT molecular complexity index is 929. The summed E-state index contributed by atoms with van der Waals surface area (Å²) < 4.78 is 5.28. The van der Waals surface area contributed by atoms with Crippen LogP contribution in [0.15, 0.2) is 42.1 Å². The van der Waals surface area contributed by atoms with Crippen molar-refractivity contribution < 1.29 is 29.4 Å². The molecule has 0 atom stereocenters. The minimum absolute atomic E-state index is 0.0555.